The summed E-state index contributed by atoms with van der Waals surface area (Å²) in [5.41, 5.74) is 4.32. The lowest BCUT2D eigenvalue weighted by molar-refractivity contribution is -0.135. The summed E-state index contributed by atoms with van der Waals surface area (Å²) in [6.45, 7) is 11.9. The Morgan fingerprint density at radius 1 is 1.03 bits per heavy atom. The highest BCUT2D eigenvalue weighted by Gasteiger charge is 2.41. The summed E-state index contributed by atoms with van der Waals surface area (Å²) in [4.78, 5) is 46.5. The van der Waals surface area contributed by atoms with Gasteiger partial charge in [-0.15, -0.1) is 11.3 Å². The number of morpholine rings is 1. The van der Waals surface area contributed by atoms with Gasteiger partial charge in [-0.25, -0.2) is 0 Å². The number of aromatic hydroxyl groups is 1. The molecule has 3 N–H and O–H groups in total. The van der Waals surface area contributed by atoms with E-state index in [9.17, 15) is 19.5 Å². The number of carbonyl (C=O) groups excluding carboxylic acids is 3. The van der Waals surface area contributed by atoms with Crippen LogP contribution in [0.1, 0.15) is 103 Å². The molecule has 1 aliphatic carbocycles. The van der Waals surface area contributed by atoms with E-state index in [0.717, 1.165) is 75.7 Å². The first kappa shape index (κ1) is 43.1. The number of carbonyl (C=O) groups is 3. The van der Waals surface area contributed by atoms with Gasteiger partial charge in [-0.3, -0.25) is 19.3 Å². The predicted molar refractivity (Wildman–Crippen MR) is 230 cm³/mol. The average molecular weight is 830 g/mol. The number of ether oxygens (including phenoxy) is 3. The van der Waals surface area contributed by atoms with Crippen LogP contribution in [-0.2, 0) is 38.4 Å². The first-order chi connectivity index (χ1) is 28.7. The largest absolute Gasteiger partial charge is 0.506 e. The second kappa shape index (κ2) is 20.5. The van der Waals surface area contributed by atoms with E-state index in [-0.39, 0.29) is 41.7 Å². The van der Waals surface area contributed by atoms with E-state index >= 15 is 0 Å². The zero-order chi connectivity index (χ0) is 41.2. The van der Waals surface area contributed by atoms with Crippen molar-refractivity contribution in [2.45, 2.75) is 102 Å². The molecule has 1 aromatic heterocycles. The second-order valence-corrected chi connectivity index (χ2v) is 18.0. The summed E-state index contributed by atoms with van der Waals surface area (Å²) in [5.74, 6) is 0.954. The van der Waals surface area contributed by atoms with Gasteiger partial charge in [0.05, 0.1) is 44.0 Å². The minimum Gasteiger partial charge on any atom is -0.506 e. The maximum Gasteiger partial charge on any atom is 0.262 e. The Morgan fingerprint density at radius 2 is 1.85 bits per heavy atom. The van der Waals surface area contributed by atoms with E-state index < -0.39 is 0 Å². The average Bonchev–Trinajstić information content (AvgIpc) is 3.75. The summed E-state index contributed by atoms with van der Waals surface area (Å²) in [7, 11) is 0. The summed E-state index contributed by atoms with van der Waals surface area (Å²) in [5, 5.41) is 18.4. The summed E-state index contributed by atoms with van der Waals surface area (Å²) in [6.07, 6.45) is 9.31. The van der Waals surface area contributed by atoms with Crippen LogP contribution in [0, 0.1) is 0 Å². The molecule has 3 aliphatic heterocycles. The fourth-order valence-corrected chi connectivity index (χ4v) is 9.89. The van der Waals surface area contributed by atoms with Gasteiger partial charge in [0.15, 0.2) is 12.4 Å². The lowest BCUT2D eigenvalue weighted by Gasteiger charge is -2.47. The van der Waals surface area contributed by atoms with Gasteiger partial charge < -0.3 is 39.8 Å². The van der Waals surface area contributed by atoms with Crippen molar-refractivity contribution in [2.24, 2.45) is 0 Å². The highest BCUT2D eigenvalue weighted by atomic mass is 32.1. The Hall–Kier alpha value is -4.01. The lowest BCUT2D eigenvalue weighted by Crippen LogP contribution is -2.57. The third-order valence-corrected chi connectivity index (χ3v) is 13.6. The molecule has 7 rings (SSSR count). The van der Waals surface area contributed by atoms with Crippen LogP contribution in [0.15, 0.2) is 47.8 Å². The van der Waals surface area contributed by atoms with E-state index in [2.05, 4.69) is 64.6 Å². The topological polar surface area (TPSA) is 133 Å². The third kappa shape index (κ3) is 11.4. The zero-order valence-corrected chi connectivity index (χ0v) is 35.8. The van der Waals surface area contributed by atoms with Gasteiger partial charge in [-0.1, -0.05) is 63.4 Å². The van der Waals surface area contributed by atoms with Crippen LogP contribution in [0.25, 0.3) is 0 Å². The minimum absolute atomic E-state index is 0.00311. The predicted octanol–water partition coefficient (Wildman–Crippen LogP) is 6.36. The van der Waals surface area contributed by atoms with Crippen molar-refractivity contribution < 1.29 is 33.7 Å². The summed E-state index contributed by atoms with van der Waals surface area (Å²) >= 11 is 1.68. The van der Waals surface area contributed by atoms with E-state index in [4.69, 9.17) is 14.2 Å². The first-order valence-corrected chi connectivity index (χ1v) is 22.7. The molecule has 0 atom stereocenters. The molecule has 1 spiro atoms. The summed E-state index contributed by atoms with van der Waals surface area (Å²) in [6, 6.07) is 14.5. The van der Waals surface area contributed by atoms with Crippen LogP contribution < -0.4 is 15.4 Å². The number of rotatable bonds is 17. The van der Waals surface area contributed by atoms with Gasteiger partial charge in [0.1, 0.15) is 11.4 Å². The smallest absolute Gasteiger partial charge is 0.262 e. The van der Waals surface area contributed by atoms with Crippen molar-refractivity contribution >= 4 is 34.7 Å². The number of anilines is 1. The Kier molecular flexibility index (Phi) is 15.0. The minimum atomic E-state index is -0.279. The van der Waals surface area contributed by atoms with Crippen molar-refractivity contribution in [3.8, 4) is 11.5 Å². The number of fused-ring (bicyclic) bond motifs is 1. The number of thiophene rings is 1. The zero-order valence-electron chi connectivity index (χ0n) is 35.0. The molecule has 3 amide bonds. The third-order valence-electron chi connectivity index (χ3n) is 12.4. The molecular formula is C46H63N5O7S. The molecule has 3 fully saturated rings. The normalized spacial score (nSPS) is 18.4. The molecule has 1 saturated carbocycles. The molecule has 0 bridgehead atoms. The number of benzene rings is 2. The number of amides is 3. The monoisotopic (exact) mass is 829 g/mol. The fourth-order valence-electron chi connectivity index (χ4n) is 8.99. The number of hydrogen-bond acceptors (Lipinski definition) is 10. The quantitative estimate of drug-likeness (QED) is 0.105. The number of phenolic OH excluding ortho intramolecular Hbond substituents is 1. The molecule has 2 saturated heterocycles. The molecule has 13 heteroatoms. The standard InChI is InChI=1S/C46H63N5O7S/c1-33(2)40-28-37(31-59-40)45(55)50-23-26-58-46(32-50)16-20-49(21-17-46)29-35-8-6-7-34(27-35)14-24-56-25-15-42(54)51(38-9-4-3-5-10-38)22-19-47-18-13-36-11-12-39(52)43-44(36)57-30-41(53)48-43/h6-8,11-12,27-28,31,33,38,47,52H,3-5,9-10,13-26,29-30,32H2,1-2H3,(H,48,53). The number of likely N-dealkylation sites (tertiary alicyclic amines) is 1. The molecule has 2 aromatic carbocycles. The van der Waals surface area contributed by atoms with Crippen molar-refractivity contribution in [1.29, 1.82) is 0 Å². The van der Waals surface area contributed by atoms with Crippen LogP contribution in [0.3, 0.4) is 0 Å². The molecule has 0 radical (unpaired) electrons. The molecule has 0 unspecified atom stereocenters. The Labute approximate surface area is 353 Å². The van der Waals surface area contributed by atoms with Crippen LogP contribution in [0.2, 0.25) is 0 Å². The van der Waals surface area contributed by atoms with E-state index in [1.807, 2.05) is 16.3 Å². The van der Waals surface area contributed by atoms with E-state index in [1.165, 1.54) is 22.4 Å². The van der Waals surface area contributed by atoms with Gasteiger partial charge in [0.2, 0.25) is 5.91 Å². The molecule has 4 aliphatic rings. The van der Waals surface area contributed by atoms with Gasteiger partial charge >= 0.3 is 0 Å². The SMILES string of the molecule is CC(C)c1cc(C(=O)N2CCOC3(CCN(Cc4cccc(CCOCCC(=O)N(CCNCCc5ccc(O)c6c5OCC(=O)N6)C5CCCCC5)c4)CC3)C2)cs1. The maximum absolute atomic E-state index is 13.6. The molecular weight excluding hydrogens is 767 g/mol. The van der Waals surface area contributed by atoms with Crippen molar-refractivity contribution in [3.63, 3.8) is 0 Å². The van der Waals surface area contributed by atoms with E-state index in [1.54, 1.807) is 17.4 Å². The van der Waals surface area contributed by atoms with Crippen molar-refractivity contribution in [1.82, 2.24) is 20.0 Å². The molecule has 4 heterocycles. The Bertz CT molecular complexity index is 1890. The first-order valence-electron chi connectivity index (χ1n) is 21.8. The number of phenols is 1. The van der Waals surface area contributed by atoms with Crippen LogP contribution >= 0.6 is 11.3 Å². The maximum atomic E-state index is 13.6. The van der Waals surface area contributed by atoms with Crippen LogP contribution in [0.4, 0.5) is 5.69 Å². The van der Waals surface area contributed by atoms with Gasteiger partial charge in [-0.05, 0) is 79.8 Å². The molecule has 3 aromatic rings. The van der Waals surface area contributed by atoms with Crippen molar-refractivity contribution in [3.05, 3.63) is 75.0 Å². The highest BCUT2D eigenvalue weighted by molar-refractivity contribution is 7.10. The van der Waals surface area contributed by atoms with E-state index in [0.29, 0.717) is 82.7 Å². The van der Waals surface area contributed by atoms with Crippen molar-refractivity contribution in [2.75, 3.05) is 77.6 Å². The summed E-state index contributed by atoms with van der Waals surface area (Å²) < 4.78 is 18.1. The lowest BCUT2D eigenvalue weighted by atomic mass is 9.89. The van der Waals surface area contributed by atoms with Gasteiger partial charge in [0.25, 0.3) is 11.8 Å². The Balaban J connectivity index is 0.810. The number of piperidine rings is 1. The van der Waals surface area contributed by atoms with Gasteiger partial charge in [0, 0.05) is 55.6 Å². The fraction of sp³-hybridized carbons (Fsp3) is 0.587. The van der Waals surface area contributed by atoms with Gasteiger partial charge in [-0.2, -0.15) is 0 Å². The number of hydrogen-bond donors (Lipinski definition) is 3. The molecule has 320 valence electrons. The van der Waals surface area contributed by atoms with Crippen LogP contribution in [-0.4, -0.2) is 121 Å². The molecule has 59 heavy (non-hydrogen) atoms. The Morgan fingerprint density at radius 3 is 2.64 bits per heavy atom. The van der Waals surface area contributed by atoms with Crippen LogP contribution in [0.5, 0.6) is 11.5 Å². The number of nitrogens with one attached hydrogen (secondary N) is 2. The molecule has 12 nitrogen and oxygen atoms in total. The number of nitrogens with zero attached hydrogens (tertiary/aromatic N) is 3. The second-order valence-electron chi connectivity index (χ2n) is 17.0. The highest BCUT2D eigenvalue weighted by Crippen LogP contribution is 2.39.